The molecule has 3 nitrogen and oxygen atoms in total. The zero-order chi connectivity index (χ0) is 12.4. The standard InChI is InChI=1S/C12H12N2O.C2H6.Re/c1-7-13-11-6-9-4-2-3-8(9)5-10(11)12(15)14-7;1-2;/h5-6H,2-4H2,1H3,(H,13,14,15);1-2H3;/p-1. The summed E-state index contributed by atoms with van der Waals surface area (Å²) < 4.78 is 0. The van der Waals surface area contributed by atoms with E-state index < -0.39 is 0 Å². The molecule has 1 aromatic carbocycles. The van der Waals surface area contributed by atoms with Crippen molar-refractivity contribution < 1.29 is 20.4 Å². The van der Waals surface area contributed by atoms with Crippen molar-refractivity contribution in [2.24, 2.45) is 0 Å². The third kappa shape index (κ3) is 2.71. The number of aryl methyl sites for hydroxylation is 3. The topological polar surface area (TPSA) is 44.1 Å². The Morgan fingerprint density at radius 2 is 1.78 bits per heavy atom. The van der Waals surface area contributed by atoms with E-state index in [9.17, 15) is 4.79 Å². The van der Waals surface area contributed by atoms with Gasteiger partial charge in [0.15, 0.2) is 5.56 Å². The predicted molar refractivity (Wildman–Crippen MR) is 69.4 cm³/mol. The van der Waals surface area contributed by atoms with Gasteiger partial charge < -0.3 is 9.97 Å². The van der Waals surface area contributed by atoms with E-state index in [1.165, 1.54) is 17.5 Å². The van der Waals surface area contributed by atoms with Crippen LogP contribution < -0.4 is 10.5 Å². The molecule has 4 heteroatoms. The first-order valence-electron chi connectivity index (χ1n) is 6.21. The second kappa shape index (κ2) is 6.27. The summed E-state index contributed by atoms with van der Waals surface area (Å²) in [6.07, 6.45) is 3.38. The monoisotopic (exact) mass is 416 g/mol. The first kappa shape index (κ1) is 15.1. The largest absolute Gasteiger partial charge is 0.439 e. The molecule has 0 spiro atoms. The fourth-order valence-corrected chi connectivity index (χ4v) is 2.28. The van der Waals surface area contributed by atoms with Crippen LogP contribution in [-0.4, -0.2) is 4.98 Å². The van der Waals surface area contributed by atoms with E-state index in [0.717, 1.165) is 18.4 Å². The third-order valence-electron chi connectivity index (χ3n) is 2.99. The van der Waals surface area contributed by atoms with Crippen LogP contribution in [0.25, 0.3) is 10.9 Å². The number of nitrogens with zero attached hydrogens (tertiary/aromatic N) is 2. The first-order valence-corrected chi connectivity index (χ1v) is 6.21. The number of hydrogen-bond acceptors (Lipinski definition) is 2. The second-order valence-electron chi connectivity index (χ2n) is 4.07. The molecular formula is C14H17N2ORe-. The number of benzene rings is 1. The molecule has 1 radical (unpaired) electrons. The van der Waals surface area contributed by atoms with Crippen molar-refractivity contribution in [3.63, 3.8) is 0 Å². The molecule has 97 valence electrons. The Bertz CT molecular complexity index is 605. The minimum absolute atomic E-state index is 0. The third-order valence-corrected chi connectivity index (χ3v) is 2.99. The number of fused-ring (bicyclic) bond motifs is 2. The molecule has 18 heavy (non-hydrogen) atoms. The van der Waals surface area contributed by atoms with Crippen molar-refractivity contribution in [3.8, 4) is 0 Å². The Labute approximate surface area is 121 Å². The van der Waals surface area contributed by atoms with Gasteiger partial charge >= 0.3 is 0 Å². The second-order valence-corrected chi connectivity index (χ2v) is 4.07. The van der Waals surface area contributed by atoms with Crippen molar-refractivity contribution in [2.75, 3.05) is 0 Å². The molecule has 0 amide bonds. The molecule has 0 saturated carbocycles. The van der Waals surface area contributed by atoms with Crippen molar-refractivity contribution >= 4 is 10.9 Å². The predicted octanol–water partition coefficient (Wildman–Crippen LogP) is 2.37. The molecule has 0 N–H and O–H groups in total. The van der Waals surface area contributed by atoms with Crippen LogP contribution in [0.5, 0.6) is 0 Å². The molecule has 0 aliphatic heterocycles. The van der Waals surface area contributed by atoms with Crippen LogP contribution in [0, 0.1) is 6.92 Å². The average molecular weight is 416 g/mol. The minimum atomic E-state index is -0.146. The Hall–Kier alpha value is -0.978. The average Bonchev–Trinajstić information content (AvgIpc) is 2.76. The van der Waals surface area contributed by atoms with Gasteiger partial charge in [0.25, 0.3) is 0 Å². The van der Waals surface area contributed by atoms with Crippen LogP contribution >= 0.6 is 0 Å². The van der Waals surface area contributed by atoms with Gasteiger partial charge in [-0.25, -0.2) is 0 Å². The van der Waals surface area contributed by atoms with Crippen molar-refractivity contribution in [3.05, 3.63) is 39.4 Å². The molecule has 0 saturated heterocycles. The van der Waals surface area contributed by atoms with E-state index in [1.54, 1.807) is 6.92 Å². The Morgan fingerprint density at radius 3 is 2.44 bits per heavy atom. The van der Waals surface area contributed by atoms with Crippen molar-refractivity contribution in [2.45, 2.75) is 40.0 Å². The van der Waals surface area contributed by atoms with Gasteiger partial charge in [0.2, 0.25) is 0 Å². The summed E-state index contributed by atoms with van der Waals surface area (Å²) in [6.45, 7) is 5.76. The summed E-state index contributed by atoms with van der Waals surface area (Å²) >= 11 is 0. The first-order chi connectivity index (χ1) is 8.24. The molecule has 0 fully saturated rings. The van der Waals surface area contributed by atoms with E-state index in [0.29, 0.717) is 11.2 Å². The van der Waals surface area contributed by atoms with E-state index in [1.807, 2.05) is 26.0 Å². The maximum absolute atomic E-state index is 11.6. The van der Waals surface area contributed by atoms with Gasteiger partial charge in [-0.3, -0.25) is 4.79 Å². The van der Waals surface area contributed by atoms with Gasteiger partial charge in [-0.15, -0.1) is 0 Å². The van der Waals surface area contributed by atoms with Crippen LogP contribution in [0.4, 0.5) is 0 Å². The molecule has 0 atom stereocenters. The van der Waals surface area contributed by atoms with Gasteiger partial charge in [0, 0.05) is 25.8 Å². The minimum Gasteiger partial charge on any atom is -0.439 e. The van der Waals surface area contributed by atoms with Gasteiger partial charge in [-0.2, -0.15) is 0 Å². The molecule has 1 aliphatic rings. The summed E-state index contributed by atoms with van der Waals surface area (Å²) in [4.78, 5) is 19.8. The smallest absolute Gasteiger partial charge is 0.178 e. The van der Waals surface area contributed by atoms with E-state index >= 15 is 0 Å². The Morgan fingerprint density at radius 1 is 1.17 bits per heavy atom. The summed E-state index contributed by atoms with van der Waals surface area (Å²) in [5.41, 5.74) is 3.30. The fourth-order valence-electron chi connectivity index (χ4n) is 2.28. The van der Waals surface area contributed by atoms with Gasteiger partial charge in [0.1, 0.15) is 0 Å². The summed E-state index contributed by atoms with van der Waals surface area (Å²) in [5, 5.41) is 0.668. The molecule has 3 rings (SSSR count). The van der Waals surface area contributed by atoms with Crippen molar-refractivity contribution in [1.29, 1.82) is 0 Å². The molecule has 1 aliphatic carbocycles. The van der Waals surface area contributed by atoms with Crippen molar-refractivity contribution in [1.82, 2.24) is 9.97 Å². The molecule has 0 unspecified atom stereocenters. The zero-order valence-electron chi connectivity index (χ0n) is 11.0. The fraction of sp³-hybridized carbons (Fsp3) is 0.429. The molecule has 1 aromatic heterocycles. The quantitative estimate of drug-likeness (QED) is 0.664. The summed E-state index contributed by atoms with van der Waals surface area (Å²) in [7, 11) is 0. The van der Waals surface area contributed by atoms with Gasteiger partial charge in [-0.05, 0) is 48.9 Å². The normalized spacial score (nSPS) is 12.4. The molecular weight excluding hydrogens is 398 g/mol. The molecule has 1 heterocycles. The van der Waals surface area contributed by atoms with Crippen LogP contribution in [-0.2, 0) is 33.3 Å². The summed E-state index contributed by atoms with van der Waals surface area (Å²) in [6, 6.07) is 4.02. The van der Waals surface area contributed by atoms with Crippen LogP contribution in [0.3, 0.4) is 0 Å². The number of aromatic nitrogens is 2. The van der Waals surface area contributed by atoms with Crippen LogP contribution in [0.2, 0.25) is 0 Å². The number of rotatable bonds is 0. The van der Waals surface area contributed by atoms with E-state index in [4.69, 9.17) is 0 Å². The summed E-state index contributed by atoms with van der Waals surface area (Å²) in [5.74, 6) is 0.561. The van der Waals surface area contributed by atoms with Crippen LogP contribution in [0.1, 0.15) is 37.2 Å². The number of hydrogen-bond donors (Lipinski definition) is 0. The van der Waals surface area contributed by atoms with E-state index in [2.05, 4.69) is 9.97 Å². The van der Waals surface area contributed by atoms with E-state index in [-0.39, 0.29) is 26.0 Å². The van der Waals surface area contributed by atoms with Gasteiger partial charge in [0.05, 0.1) is 0 Å². The SMILES string of the molecule is CC.Cc1nc2cc3c(cc2c(=O)[n-]1)CCC3.[Re]. The maximum atomic E-state index is 11.6. The Balaban J connectivity index is 0.000000516. The Kier molecular flexibility index (Phi) is 5.25. The zero-order valence-corrected chi connectivity index (χ0v) is 13.7. The van der Waals surface area contributed by atoms with Gasteiger partial charge in [-0.1, -0.05) is 25.7 Å². The molecule has 0 bridgehead atoms. The van der Waals surface area contributed by atoms with Crippen LogP contribution in [0.15, 0.2) is 16.9 Å². The maximum Gasteiger partial charge on any atom is 0.178 e. The molecule has 2 aromatic rings.